The maximum atomic E-state index is 12.8. The molecule has 2 aromatic carbocycles. The van der Waals surface area contributed by atoms with Gasteiger partial charge in [-0.3, -0.25) is 9.48 Å². The van der Waals surface area contributed by atoms with E-state index >= 15 is 0 Å². The number of fused-ring (bicyclic) bond motifs is 1. The fourth-order valence-corrected chi connectivity index (χ4v) is 3.49. The minimum Gasteiger partial charge on any atom is -0.479 e. The van der Waals surface area contributed by atoms with Crippen molar-refractivity contribution in [2.75, 3.05) is 0 Å². The highest BCUT2D eigenvalue weighted by molar-refractivity contribution is 5.90. The number of amides is 1. The van der Waals surface area contributed by atoms with E-state index in [2.05, 4.69) is 10.4 Å². The van der Waals surface area contributed by atoms with Gasteiger partial charge in [-0.25, -0.2) is 4.79 Å². The van der Waals surface area contributed by atoms with Crippen LogP contribution in [-0.2, 0) is 16.6 Å². The molecule has 0 saturated carbocycles. The average molecular weight is 365 g/mol. The Kier molecular flexibility index (Phi) is 4.99. The van der Waals surface area contributed by atoms with Crippen LogP contribution in [0.4, 0.5) is 0 Å². The van der Waals surface area contributed by atoms with Crippen molar-refractivity contribution in [2.24, 2.45) is 7.05 Å². The predicted molar refractivity (Wildman–Crippen MR) is 104 cm³/mol. The largest absolute Gasteiger partial charge is 0.479 e. The number of benzene rings is 2. The molecule has 0 aliphatic rings. The summed E-state index contributed by atoms with van der Waals surface area (Å²) in [5, 5.41) is 18.7. The molecule has 0 spiro atoms. The van der Waals surface area contributed by atoms with Crippen molar-refractivity contribution < 1.29 is 14.7 Å². The first-order valence-electron chi connectivity index (χ1n) is 8.81. The third kappa shape index (κ3) is 3.56. The number of carbonyl (C=O) groups excluding carboxylic acids is 1. The molecule has 1 aromatic heterocycles. The van der Waals surface area contributed by atoms with Gasteiger partial charge in [0.25, 0.3) is 0 Å². The van der Waals surface area contributed by atoms with Gasteiger partial charge in [0.2, 0.25) is 5.91 Å². The summed E-state index contributed by atoms with van der Waals surface area (Å²) in [5.41, 5.74) is 3.04. The summed E-state index contributed by atoms with van der Waals surface area (Å²) in [4.78, 5) is 24.6. The Hall–Kier alpha value is -3.15. The van der Waals surface area contributed by atoms with E-state index in [0.717, 1.165) is 27.7 Å². The third-order valence-corrected chi connectivity index (χ3v) is 5.03. The zero-order valence-electron chi connectivity index (χ0n) is 15.9. The van der Waals surface area contributed by atoms with Crippen LogP contribution in [0.3, 0.4) is 0 Å². The molecular formula is C21H23N3O3. The van der Waals surface area contributed by atoms with Crippen molar-refractivity contribution >= 4 is 22.6 Å². The van der Waals surface area contributed by atoms with E-state index in [0.29, 0.717) is 5.56 Å². The van der Waals surface area contributed by atoms with Crippen LogP contribution in [0, 0.1) is 13.8 Å². The number of nitrogens with one attached hydrogen (secondary N) is 1. The Labute approximate surface area is 157 Å². The molecule has 0 saturated heterocycles. The topological polar surface area (TPSA) is 84.2 Å². The highest BCUT2D eigenvalue weighted by Crippen LogP contribution is 2.25. The van der Waals surface area contributed by atoms with E-state index in [1.807, 2.05) is 51.2 Å². The monoisotopic (exact) mass is 365 g/mol. The van der Waals surface area contributed by atoms with E-state index in [1.54, 1.807) is 23.7 Å². The first-order valence-corrected chi connectivity index (χ1v) is 8.81. The van der Waals surface area contributed by atoms with Crippen LogP contribution >= 0.6 is 0 Å². The lowest BCUT2D eigenvalue weighted by atomic mass is 9.96. The van der Waals surface area contributed by atoms with Gasteiger partial charge in [0, 0.05) is 18.3 Å². The van der Waals surface area contributed by atoms with Crippen LogP contribution in [0.2, 0.25) is 0 Å². The number of nitrogens with zero attached hydrogens (tertiary/aromatic N) is 2. The quantitative estimate of drug-likeness (QED) is 0.727. The summed E-state index contributed by atoms with van der Waals surface area (Å²) in [6, 6.07) is 12.0. The molecule has 2 unspecified atom stereocenters. The van der Waals surface area contributed by atoms with Gasteiger partial charge in [-0.1, -0.05) is 36.4 Å². The van der Waals surface area contributed by atoms with E-state index in [1.165, 1.54) is 0 Å². The van der Waals surface area contributed by atoms with Gasteiger partial charge in [0.15, 0.2) is 6.04 Å². The number of carboxylic acids is 1. The van der Waals surface area contributed by atoms with Gasteiger partial charge in [-0.2, -0.15) is 5.10 Å². The van der Waals surface area contributed by atoms with Crippen LogP contribution < -0.4 is 5.32 Å². The van der Waals surface area contributed by atoms with Gasteiger partial charge in [-0.15, -0.1) is 0 Å². The summed E-state index contributed by atoms with van der Waals surface area (Å²) < 4.78 is 1.73. The van der Waals surface area contributed by atoms with Crippen molar-refractivity contribution in [1.82, 2.24) is 15.1 Å². The second kappa shape index (κ2) is 7.23. The summed E-state index contributed by atoms with van der Waals surface area (Å²) in [6.07, 6.45) is 0. The summed E-state index contributed by atoms with van der Waals surface area (Å²) in [5.74, 6) is -1.93. The molecule has 2 N–H and O–H groups in total. The molecule has 6 nitrogen and oxygen atoms in total. The second-order valence-electron chi connectivity index (χ2n) is 6.82. The van der Waals surface area contributed by atoms with Crippen molar-refractivity contribution in [3.8, 4) is 0 Å². The Morgan fingerprint density at radius 3 is 2.37 bits per heavy atom. The van der Waals surface area contributed by atoms with Gasteiger partial charge in [0.05, 0.1) is 11.6 Å². The van der Waals surface area contributed by atoms with E-state index in [9.17, 15) is 14.7 Å². The highest BCUT2D eigenvalue weighted by Gasteiger charge is 2.28. The molecule has 0 bridgehead atoms. The maximum Gasteiger partial charge on any atom is 0.330 e. The van der Waals surface area contributed by atoms with Crippen LogP contribution in [0.15, 0.2) is 42.5 Å². The first kappa shape index (κ1) is 18.6. The lowest BCUT2D eigenvalue weighted by Crippen LogP contribution is -2.36. The molecule has 0 aliphatic carbocycles. The molecule has 140 valence electrons. The maximum absolute atomic E-state index is 12.8. The van der Waals surface area contributed by atoms with Gasteiger partial charge < -0.3 is 10.4 Å². The molecular weight excluding hydrogens is 342 g/mol. The number of aromatic nitrogens is 2. The highest BCUT2D eigenvalue weighted by atomic mass is 16.4. The molecule has 27 heavy (non-hydrogen) atoms. The van der Waals surface area contributed by atoms with Gasteiger partial charge in [-0.05, 0) is 43.2 Å². The minimum absolute atomic E-state index is 0.338. The lowest BCUT2D eigenvalue weighted by Gasteiger charge is -2.19. The van der Waals surface area contributed by atoms with Crippen LogP contribution in [0.5, 0.6) is 0 Å². The van der Waals surface area contributed by atoms with E-state index < -0.39 is 17.9 Å². The fourth-order valence-electron chi connectivity index (χ4n) is 3.49. The number of aliphatic carboxylic acids is 1. The lowest BCUT2D eigenvalue weighted by molar-refractivity contribution is -0.142. The van der Waals surface area contributed by atoms with Gasteiger partial charge >= 0.3 is 5.97 Å². The van der Waals surface area contributed by atoms with Gasteiger partial charge in [0.1, 0.15) is 0 Å². The number of rotatable bonds is 5. The molecule has 0 radical (unpaired) electrons. The standard InChI is InChI=1S/C21H23N3O3/c1-12(18-13(2)23-24(4)14(18)3)20(25)22-19(21(26)27)17-10-9-15-7-5-6-8-16(15)11-17/h5-12,19H,1-4H3,(H,22,25)(H,26,27). The molecule has 3 aromatic rings. The third-order valence-electron chi connectivity index (χ3n) is 5.03. The van der Waals surface area contributed by atoms with Crippen LogP contribution in [-0.4, -0.2) is 26.8 Å². The molecule has 2 atom stereocenters. The summed E-state index contributed by atoms with van der Waals surface area (Å²) in [6.45, 7) is 5.52. The Bertz CT molecular complexity index is 1020. The molecule has 0 aliphatic heterocycles. The zero-order valence-corrected chi connectivity index (χ0v) is 15.9. The number of hydrogen-bond donors (Lipinski definition) is 2. The number of aryl methyl sites for hydroxylation is 2. The average Bonchev–Trinajstić information content (AvgIpc) is 2.90. The smallest absolute Gasteiger partial charge is 0.330 e. The fraction of sp³-hybridized carbons (Fsp3) is 0.286. The van der Waals surface area contributed by atoms with Crippen molar-refractivity contribution in [2.45, 2.75) is 32.7 Å². The predicted octanol–water partition coefficient (Wildman–Crippen LogP) is 3.24. The zero-order chi connectivity index (χ0) is 19.7. The number of hydrogen-bond acceptors (Lipinski definition) is 3. The minimum atomic E-state index is -1.11. The molecule has 0 fully saturated rings. The van der Waals surface area contributed by atoms with Crippen molar-refractivity contribution in [3.05, 3.63) is 65.0 Å². The molecule has 3 rings (SSSR count). The van der Waals surface area contributed by atoms with Crippen LogP contribution in [0.1, 0.15) is 41.4 Å². The van der Waals surface area contributed by atoms with E-state index in [-0.39, 0.29) is 5.91 Å². The molecule has 6 heteroatoms. The summed E-state index contributed by atoms with van der Waals surface area (Å²) in [7, 11) is 1.82. The number of carboxylic acid groups (broad SMARTS) is 1. The Morgan fingerprint density at radius 1 is 1.11 bits per heavy atom. The van der Waals surface area contributed by atoms with Crippen LogP contribution in [0.25, 0.3) is 10.8 Å². The summed E-state index contributed by atoms with van der Waals surface area (Å²) >= 11 is 0. The second-order valence-corrected chi connectivity index (χ2v) is 6.82. The molecule has 1 heterocycles. The Balaban J connectivity index is 1.89. The van der Waals surface area contributed by atoms with Crippen molar-refractivity contribution in [3.63, 3.8) is 0 Å². The number of carbonyl (C=O) groups is 2. The SMILES string of the molecule is Cc1nn(C)c(C)c1C(C)C(=O)NC(C(=O)O)c1ccc2ccccc2c1. The first-order chi connectivity index (χ1) is 12.8. The molecule has 1 amide bonds. The van der Waals surface area contributed by atoms with Crippen molar-refractivity contribution in [1.29, 1.82) is 0 Å². The van der Waals surface area contributed by atoms with E-state index in [4.69, 9.17) is 0 Å². The Morgan fingerprint density at radius 2 is 1.78 bits per heavy atom. The normalized spacial score (nSPS) is 13.3.